The van der Waals surface area contributed by atoms with Gasteiger partial charge in [0, 0.05) is 19.4 Å². The Balaban J connectivity index is 1.51. The van der Waals surface area contributed by atoms with E-state index in [1.807, 2.05) is 0 Å². The Morgan fingerprint density at radius 1 is 1.19 bits per heavy atom. The van der Waals surface area contributed by atoms with Gasteiger partial charge in [-0.25, -0.2) is 0 Å². The summed E-state index contributed by atoms with van der Waals surface area (Å²) in [6.07, 6.45) is 3.58. The van der Waals surface area contributed by atoms with Gasteiger partial charge in [-0.1, -0.05) is 44.9 Å². The maximum absolute atomic E-state index is 12.3. The number of hydrogen-bond donors (Lipinski definition) is 2. The van der Waals surface area contributed by atoms with Crippen molar-refractivity contribution in [2.45, 2.75) is 103 Å². The fourth-order valence-corrected chi connectivity index (χ4v) is 8.63. The van der Waals surface area contributed by atoms with Crippen LogP contribution in [0.1, 0.15) is 66.7 Å². The summed E-state index contributed by atoms with van der Waals surface area (Å²) in [5.74, 6) is -2.76. The zero-order chi connectivity index (χ0) is 25.8. The SMILES string of the molecule is CO[C@@H]1O[C@@]2(O)[C@H](OC(C)=O)CO[C@H]3O[C@H]4[C@@H](C1=CC[C@@H]1C5=C(C(C)C)CC[C@]5(C)CC[C@]14C)[C@]32O. The summed E-state index contributed by atoms with van der Waals surface area (Å²) >= 11 is 0. The van der Waals surface area contributed by atoms with E-state index in [9.17, 15) is 15.0 Å². The van der Waals surface area contributed by atoms with Crippen molar-refractivity contribution in [3.8, 4) is 0 Å². The Kier molecular flexibility index (Phi) is 5.47. The molecular weight excluding hydrogens is 464 g/mol. The summed E-state index contributed by atoms with van der Waals surface area (Å²) in [4.78, 5) is 11.9. The molecule has 0 aromatic heterocycles. The average molecular weight is 505 g/mol. The van der Waals surface area contributed by atoms with Gasteiger partial charge in [-0.3, -0.25) is 4.79 Å². The number of carbonyl (C=O) groups excluding carboxylic acids is 1. The van der Waals surface area contributed by atoms with E-state index in [0.29, 0.717) is 5.92 Å². The highest BCUT2D eigenvalue weighted by molar-refractivity contribution is 5.66. The Hall–Kier alpha value is -1.29. The van der Waals surface area contributed by atoms with Crippen LogP contribution in [0.15, 0.2) is 22.8 Å². The third-order valence-electron chi connectivity index (χ3n) is 10.5. The van der Waals surface area contributed by atoms with Gasteiger partial charge in [-0.2, -0.15) is 0 Å². The molecule has 0 aromatic carbocycles. The van der Waals surface area contributed by atoms with E-state index in [0.717, 1.165) is 31.3 Å². The molecule has 3 saturated heterocycles. The van der Waals surface area contributed by atoms with Crippen LogP contribution in [0.3, 0.4) is 0 Å². The lowest BCUT2D eigenvalue weighted by Crippen LogP contribution is -2.77. The van der Waals surface area contributed by atoms with Crippen LogP contribution in [-0.4, -0.2) is 66.1 Å². The first-order valence-electron chi connectivity index (χ1n) is 13.4. The van der Waals surface area contributed by atoms with E-state index in [-0.39, 0.29) is 23.4 Å². The van der Waals surface area contributed by atoms with Crippen molar-refractivity contribution in [2.75, 3.05) is 13.7 Å². The third-order valence-corrected chi connectivity index (χ3v) is 10.5. The smallest absolute Gasteiger partial charge is 0.303 e. The molecule has 0 unspecified atom stereocenters. The number of methoxy groups -OCH3 is 1. The summed E-state index contributed by atoms with van der Waals surface area (Å²) in [5.41, 5.74) is 1.82. The van der Waals surface area contributed by atoms with Crippen molar-refractivity contribution in [2.24, 2.45) is 28.6 Å². The topological polar surface area (TPSA) is 104 Å². The molecule has 1 saturated carbocycles. The van der Waals surface area contributed by atoms with Crippen LogP contribution in [0, 0.1) is 28.6 Å². The summed E-state index contributed by atoms with van der Waals surface area (Å²) < 4.78 is 29.8. The molecule has 2 N–H and O–H groups in total. The van der Waals surface area contributed by atoms with Gasteiger partial charge in [0.2, 0.25) is 5.79 Å². The molecule has 10 atom stereocenters. The molecule has 4 fully saturated rings. The van der Waals surface area contributed by atoms with Gasteiger partial charge >= 0.3 is 5.97 Å². The fraction of sp³-hybridized carbons (Fsp3) is 0.821. The molecule has 0 bridgehead atoms. The molecule has 0 radical (unpaired) electrons. The lowest BCUT2D eigenvalue weighted by Gasteiger charge is -2.57. The quantitative estimate of drug-likeness (QED) is 0.446. The summed E-state index contributed by atoms with van der Waals surface area (Å²) in [6.45, 7) is 10.4. The predicted molar refractivity (Wildman–Crippen MR) is 128 cm³/mol. The minimum absolute atomic E-state index is 0.154. The van der Waals surface area contributed by atoms with Crippen molar-refractivity contribution in [3.05, 3.63) is 22.8 Å². The monoisotopic (exact) mass is 504 g/mol. The molecule has 3 aliphatic carbocycles. The second-order valence-electron chi connectivity index (χ2n) is 12.7. The normalized spacial score (nSPS) is 51.3. The number of allylic oxidation sites excluding steroid dienone is 3. The number of esters is 1. The molecule has 0 aromatic rings. The number of hydrogen-bond acceptors (Lipinski definition) is 8. The second kappa shape index (κ2) is 7.87. The Morgan fingerprint density at radius 3 is 2.61 bits per heavy atom. The minimum Gasteiger partial charge on any atom is -0.454 e. The molecule has 0 amide bonds. The highest BCUT2D eigenvalue weighted by Crippen LogP contribution is 2.68. The van der Waals surface area contributed by atoms with Gasteiger partial charge in [0.1, 0.15) is 0 Å². The number of fused-ring (bicyclic) bond motifs is 4. The van der Waals surface area contributed by atoms with Crippen molar-refractivity contribution in [1.82, 2.24) is 0 Å². The lowest BCUT2D eigenvalue weighted by molar-refractivity contribution is -0.440. The van der Waals surface area contributed by atoms with Crippen molar-refractivity contribution < 1.29 is 38.7 Å². The molecule has 6 aliphatic rings. The first kappa shape index (κ1) is 25.0. The number of aliphatic hydroxyl groups is 2. The first-order chi connectivity index (χ1) is 16.9. The van der Waals surface area contributed by atoms with Crippen LogP contribution in [0.25, 0.3) is 0 Å². The van der Waals surface area contributed by atoms with Crippen LogP contribution in [-0.2, 0) is 28.5 Å². The number of ether oxygens (including phenoxy) is 5. The van der Waals surface area contributed by atoms with Crippen LogP contribution >= 0.6 is 0 Å². The molecule has 8 nitrogen and oxygen atoms in total. The minimum atomic E-state index is -2.24. The van der Waals surface area contributed by atoms with Gasteiger partial charge in [-0.15, -0.1) is 0 Å². The number of carbonyl (C=O) groups is 1. The van der Waals surface area contributed by atoms with Crippen molar-refractivity contribution >= 4 is 5.97 Å². The van der Waals surface area contributed by atoms with Crippen molar-refractivity contribution in [3.63, 3.8) is 0 Å². The summed E-state index contributed by atoms with van der Waals surface area (Å²) in [7, 11) is 1.52. The van der Waals surface area contributed by atoms with E-state index in [4.69, 9.17) is 23.7 Å². The fourth-order valence-electron chi connectivity index (χ4n) is 8.63. The second-order valence-corrected chi connectivity index (χ2v) is 12.7. The summed E-state index contributed by atoms with van der Waals surface area (Å²) in [5, 5.41) is 24.3. The van der Waals surface area contributed by atoms with E-state index in [1.54, 1.807) is 11.1 Å². The van der Waals surface area contributed by atoms with Gasteiger partial charge in [0.25, 0.3) is 0 Å². The van der Waals surface area contributed by atoms with Crippen LogP contribution in [0.4, 0.5) is 0 Å². The van der Waals surface area contributed by atoms with Crippen LogP contribution in [0.2, 0.25) is 0 Å². The van der Waals surface area contributed by atoms with E-state index in [1.165, 1.54) is 20.5 Å². The van der Waals surface area contributed by atoms with Gasteiger partial charge < -0.3 is 33.9 Å². The Bertz CT molecular complexity index is 1030. The predicted octanol–water partition coefficient (Wildman–Crippen LogP) is 3.21. The zero-order valence-electron chi connectivity index (χ0n) is 22.2. The van der Waals surface area contributed by atoms with Gasteiger partial charge in [0.15, 0.2) is 24.3 Å². The average Bonchev–Trinajstić information content (AvgIpc) is 3.28. The maximum Gasteiger partial charge on any atom is 0.303 e. The molecule has 8 heteroatoms. The first-order valence-corrected chi connectivity index (χ1v) is 13.4. The van der Waals surface area contributed by atoms with E-state index >= 15 is 0 Å². The van der Waals surface area contributed by atoms with Crippen LogP contribution < -0.4 is 0 Å². The van der Waals surface area contributed by atoms with Gasteiger partial charge in [0.05, 0.1) is 18.6 Å². The van der Waals surface area contributed by atoms with Crippen LogP contribution in [0.5, 0.6) is 0 Å². The Labute approximate surface area is 212 Å². The molecule has 200 valence electrons. The molecule has 36 heavy (non-hydrogen) atoms. The standard InChI is InChI=1S/C28H40O8/c1-14(2)16-9-10-25(4)11-12-26(5)18(20(16)25)8-7-17-21-22(26)35-24-27(21,30)28(31,36-23(17)32-6)19(13-33-24)34-15(3)29/h7,14,18-19,21-24,30-31H,8-13H2,1-6H3/t18-,19-,21-,22+,23-,24+,25-,26-,27+,28+/m1/s1. The van der Waals surface area contributed by atoms with Gasteiger partial charge in [-0.05, 0) is 54.9 Å². The largest absolute Gasteiger partial charge is 0.454 e. The zero-order valence-corrected chi connectivity index (χ0v) is 22.2. The highest BCUT2D eigenvalue weighted by atomic mass is 16.8. The maximum atomic E-state index is 12.3. The van der Waals surface area contributed by atoms with Crippen molar-refractivity contribution in [1.29, 1.82) is 0 Å². The molecule has 3 aliphatic heterocycles. The molecule has 6 rings (SSSR count). The molecular formula is C28H40O8. The summed E-state index contributed by atoms with van der Waals surface area (Å²) in [6, 6.07) is 0. The number of rotatable bonds is 3. The van der Waals surface area contributed by atoms with E-state index < -0.39 is 48.1 Å². The lowest BCUT2D eigenvalue weighted by atomic mass is 9.52. The molecule has 0 spiro atoms. The highest BCUT2D eigenvalue weighted by Gasteiger charge is 2.80. The third kappa shape index (κ3) is 2.94. The van der Waals surface area contributed by atoms with E-state index in [2.05, 4.69) is 33.8 Å². The molecule has 3 heterocycles. The Morgan fingerprint density at radius 2 is 1.94 bits per heavy atom.